The van der Waals surface area contributed by atoms with Crippen LogP contribution in [0.5, 0.6) is 0 Å². The summed E-state index contributed by atoms with van der Waals surface area (Å²) in [5.74, 6) is 1.20. The highest BCUT2D eigenvalue weighted by atomic mass is 32.2. The van der Waals surface area contributed by atoms with Crippen molar-refractivity contribution in [3.8, 4) is 0 Å². The van der Waals surface area contributed by atoms with E-state index >= 15 is 0 Å². The van der Waals surface area contributed by atoms with Gasteiger partial charge in [-0.2, -0.15) is 0 Å². The Bertz CT molecular complexity index is 125. The van der Waals surface area contributed by atoms with Crippen LogP contribution in [-0.4, -0.2) is 16.1 Å². The van der Waals surface area contributed by atoms with Crippen LogP contribution in [0.3, 0.4) is 0 Å². The van der Waals surface area contributed by atoms with Crippen LogP contribution >= 0.6 is 23.5 Å². The summed E-state index contributed by atoms with van der Waals surface area (Å²) in [6, 6.07) is 0. The molecule has 1 heterocycles. The van der Waals surface area contributed by atoms with E-state index in [9.17, 15) is 0 Å². The van der Waals surface area contributed by atoms with Gasteiger partial charge in [0.15, 0.2) is 0 Å². The van der Waals surface area contributed by atoms with E-state index in [1.807, 2.05) is 11.8 Å². The molecule has 0 saturated carbocycles. The van der Waals surface area contributed by atoms with E-state index in [0.29, 0.717) is 4.08 Å². The molecule has 0 aromatic carbocycles. The summed E-state index contributed by atoms with van der Waals surface area (Å²) in [5.41, 5.74) is 0. The molecule has 0 bridgehead atoms. The second-order valence-electron chi connectivity index (χ2n) is 2.45. The molecule has 1 unspecified atom stereocenters. The van der Waals surface area contributed by atoms with Gasteiger partial charge in [0, 0.05) is 5.75 Å². The molecule has 0 saturated heterocycles. The number of hydrogen-bond donors (Lipinski definition) is 0. The van der Waals surface area contributed by atoms with E-state index in [1.165, 1.54) is 18.6 Å². The number of hydrogen-bond acceptors (Lipinski definition) is 2. The molecule has 0 aromatic heterocycles. The Morgan fingerprint density at radius 3 is 2.70 bits per heavy atom. The lowest BCUT2D eigenvalue weighted by atomic mass is 10.2. The minimum atomic E-state index is 0.509. The van der Waals surface area contributed by atoms with Gasteiger partial charge < -0.3 is 0 Å². The van der Waals surface area contributed by atoms with E-state index in [4.69, 9.17) is 0 Å². The molecule has 0 nitrogen and oxygen atoms in total. The highest BCUT2D eigenvalue weighted by molar-refractivity contribution is 8.18. The van der Waals surface area contributed by atoms with Gasteiger partial charge in [-0.1, -0.05) is 19.1 Å². The molecule has 0 N–H and O–H groups in total. The topological polar surface area (TPSA) is 0 Å². The predicted octanol–water partition coefficient (Wildman–Crippen LogP) is 3.15. The van der Waals surface area contributed by atoms with Crippen molar-refractivity contribution in [2.75, 3.05) is 12.0 Å². The smallest absolute Gasteiger partial charge is 0.0643 e. The zero-order chi connectivity index (χ0) is 7.45. The second kappa shape index (κ2) is 3.72. The average Bonchev–Trinajstić information content (AvgIpc) is 2.06. The molecule has 0 aromatic rings. The van der Waals surface area contributed by atoms with Crippen molar-refractivity contribution in [1.29, 1.82) is 0 Å². The van der Waals surface area contributed by atoms with Gasteiger partial charge in [0.1, 0.15) is 0 Å². The third-order valence-electron chi connectivity index (χ3n) is 1.95. The van der Waals surface area contributed by atoms with Gasteiger partial charge in [-0.3, -0.25) is 0 Å². The second-order valence-corrected chi connectivity index (χ2v) is 5.31. The maximum atomic E-state index is 2.32. The molecule has 1 aliphatic rings. The van der Waals surface area contributed by atoms with Gasteiger partial charge in [0.25, 0.3) is 0 Å². The van der Waals surface area contributed by atoms with Crippen LogP contribution in [-0.2, 0) is 0 Å². The first-order valence-electron chi connectivity index (χ1n) is 3.67. The van der Waals surface area contributed by atoms with Crippen molar-refractivity contribution >= 4 is 23.5 Å². The maximum Gasteiger partial charge on any atom is 0.0643 e. The zero-order valence-electron chi connectivity index (χ0n) is 6.59. The van der Waals surface area contributed by atoms with Crippen LogP contribution in [0, 0.1) is 0 Å². The number of rotatable bonds is 2. The molecule has 10 heavy (non-hydrogen) atoms. The predicted molar refractivity (Wildman–Crippen MR) is 52.8 cm³/mol. The lowest BCUT2D eigenvalue weighted by Gasteiger charge is -2.31. The minimum absolute atomic E-state index is 0.509. The third kappa shape index (κ3) is 1.73. The number of thioether (sulfide) groups is 2. The SMILES string of the molecule is CCC1(SC)CC=CCS1. The maximum absolute atomic E-state index is 2.32. The summed E-state index contributed by atoms with van der Waals surface area (Å²) in [4.78, 5) is 0. The molecule has 2 heteroatoms. The van der Waals surface area contributed by atoms with Crippen LogP contribution in [0.4, 0.5) is 0 Å². The standard InChI is InChI=1S/C8H14S2/c1-3-8(9-2)6-4-5-7-10-8/h4-5H,3,6-7H2,1-2H3. The van der Waals surface area contributed by atoms with Crippen LogP contribution in [0.25, 0.3) is 0 Å². The van der Waals surface area contributed by atoms with Crippen molar-refractivity contribution < 1.29 is 0 Å². The van der Waals surface area contributed by atoms with Crippen molar-refractivity contribution in [2.24, 2.45) is 0 Å². The summed E-state index contributed by atoms with van der Waals surface area (Å²) >= 11 is 4.09. The highest BCUT2D eigenvalue weighted by Crippen LogP contribution is 2.44. The fraction of sp³-hybridized carbons (Fsp3) is 0.750. The molecule has 0 radical (unpaired) electrons. The van der Waals surface area contributed by atoms with E-state index in [-0.39, 0.29) is 0 Å². The number of allylic oxidation sites excluding steroid dienone is 1. The van der Waals surface area contributed by atoms with Crippen molar-refractivity contribution in [3.63, 3.8) is 0 Å². The monoisotopic (exact) mass is 174 g/mol. The van der Waals surface area contributed by atoms with E-state index in [0.717, 1.165) is 0 Å². The molecule has 58 valence electrons. The van der Waals surface area contributed by atoms with Gasteiger partial charge in [-0.15, -0.1) is 23.5 Å². The van der Waals surface area contributed by atoms with Gasteiger partial charge in [0.05, 0.1) is 4.08 Å². The summed E-state index contributed by atoms with van der Waals surface area (Å²) in [7, 11) is 0. The molecule has 1 atom stereocenters. The Morgan fingerprint density at radius 2 is 2.40 bits per heavy atom. The molecule has 0 amide bonds. The minimum Gasteiger partial charge on any atom is -0.147 e. The first-order valence-corrected chi connectivity index (χ1v) is 5.88. The quantitative estimate of drug-likeness (QED) is 0.590. The zero-order valence-corrected chi connectivity index (χ0v) is 8.23. The van der Waals surface area contributed by atoms with Crippen LogP contribution in [0.15, 0.2) is 12.2 Å². The molecule has 0 fully saturated rings. The molecule has 1 rings (SSSR count). The largest absolute Gasteiger partial charge is 0.147 e. The average molecular weight is 174 g/mol. The lowest BCUT2D eigenvalue weighted by molar-refractivity contribution is 0.775. The van der Waals surface area contributed by atoms with Crippen LogP contribution in [0.2, 0.25) is 0 Å². The summed E-state index contributed by atoms with van der Waals surface area (Å²) in [6.07, 6.45) is 9.33. The van der Waals surface area contributed by atoms with E-state index in [2.05, 4.69) is 37.1 Å². The summed E-state index contributed by atoms with van der Waals surface area (Å²) < 4.78 is 0.509. The molecule has 0 spiro atoms. The van der Waals surface area contributed by atoms with Gasteiger partial charge in [0.2, 0.25) is 0 Å². The Labute approximate surface area is 71.8 Å². The molecular formula is C8H14S2. The Balaban J connectivity index is 2.55. The fourth-order valence-electron chi connectivity index (χ4n) is 1.12. The van der Waals surface area contributed by atoms with Crippen molar-refractivity contribution in [1.82, 2.24) is 0 Å². The van der Waals surface area contributed by atoms with Gasteiger partial charge >= 0.3 is 0 Å². The molecular weight excluding hydrogens is 160 g/mol. The Hall–Kier alpha value is 0.440. The fourth-order valence-corrected chi connectivity index (χ4v) is 3.30. The summed E-state index contributed by atoms with van der Waals surface area (Å²) in [6.45, 7) is 2.28. The molecule has 0 aliphatic carbocycles. The van der Waals surface area contributed by atoms with Gasteiger partial charge in [-0.05, 0) is 19.1 Å². The van der Waals surface area contributed by atoms with Gasteiger partial charge in [-0.25, -0.2) is 0 Å². The summed E-state index contributed by atoms with van der Waals surface area (Å²) in [5, 5.41) is 0. The first kappa shape index (κ1) is 8.54. The van der Waals surface area contributed by atoms with Crippen molar-refractivity contribution in [2.45, 2.75) is 23.8 Å². The Morgan fingerprint density at radius 1 is 1.60 bits per heavy atom. The van der Waals surface area contributed by atoms with Crippen LogP contribution < -0.4 is 0 Å². The Kier molecular flexibility index (Phi) is 3.18. The van der Waals surface area contributed by atoms with E-state index < -0.39 is 0 Å². The lowest BCUT2D eigenvalue weighted by Crippen LogP contribution is -2.20. The van der Waals surface area contributed by atoms with Crippen LogP contribution in [0.1, 0.15) is 19.8 Å². The van der Waals surface area contributed by atoms with Crippen molar-refractivity contribution in [3.05, 3.63) is 12.2 Å². The third-order valence-corrected chi connectivity index (χ3v) is 5.34. The molecule has 1 aliphatic heterocycles. The highest BCUT2D eigenvalue weighted by Gasteiger charge is 2.27. The normalized spacial score (nSPS) is 32.6. The van der Waals surface area contributed by atoms with E-state index in [1.54, 1.807) is 0 Å². The first-order chi connectivity index (χ1) is 4.83.